The molecule has 0 saturated carbocycles. The molecule has 1 amide bonds. The number of carbonyl (C=O) groups is 1. The van der Waals surface area contributed by atoms with Crippen molar-refractivity contribution in [2.75, 3.05) is 45.9 Å². The van der Waals surface area contributed by atoms with Gasteiger partial charge in [-0.05, 0) is 6.42 Å². The molecule has 2 saturated heterocycles. The van der Waals surface area contributed by atoms with Gasteiger partial charge in [-0.25, -0.2) is 0 Å². The Morgan fingerprint density at radius 2 is 2.00 bits per heavy atom. The van der Waals surface area contributed by atoms with Gasteiger partial charge < -0.3 is 14.7 Å². The van der Waals surface area contributed by atoms with Crippen LogP contribution in [-0.4, -0.2) is 72.4 Å². The minimum absolute atomic E-state index is 0.154. The number of aliphatic hydroxyl groups is 1. The van der Waals surface area contributed by atoms with E-state index in [4.69, 9.17) is 4.74 Å². The van der Waals surface area contributed by atoms with Crippen LogP contribution >= 0.6 is 0 Å². The zero-order valence-electron chi connectivity index (χ0n) is 9.81. The van der Waals surface area contributed by atoms with Crippen molar-refractivity contribution in [3.63, 3.8) is 0 Å². The standard InChI is InChI=1S/C11H20N2O3/c1-2-11(15)8-12(9-11)7-10(14)13-3-5-16-6-4-13/h15H,2-9H2,1H3. The topological polar surface area (TPSA) is 53.0 Å². The van der Waals surface area contributed by atoms with E-state index in [1.807, 2.05) is 16.7 Å². The second-order valence-electron chi connectivity index (χ2n) is 4.72. The van der Waals surface area contributed by atoms with E-state index in [-0.39, 0.29) is 5.91 Å². The Kier molecular flexibility index (Phi) is 3.47. The van der Waals surface area contributed by atoms with E-state index in [0.29, 0.717) is 45.9 Å². The summed E-state index contributed by atoms with van der Waals surface area (Å²) in [6.45, 7) is 6.34. The first kappa shape index (κ1) is 11.8. The van der Waals surface area contributed by atoms with Crippen molar-refractivity contribution in [2.24, 2.45) is 0 Å². The lowest BCUT2D eigenvalue weighted by Gasteiger charge is -2.46. The van der Waals surface area contributed by atoms with E-state index in [0.717, 1.165) is 6.42 Å². The molecule has 92 valence electrons. The predicted octanol–water partition coefficient (Wildman–Crippen LogP) is -0.698. The number of amides is 1. The highest BCUT2D eigenvalue weighted by atomic mass is 16.5. The van der Waals surface area contributed by atoms with E-state index >= 15 is 0 Å². The van der Waals surface area contributed by atoms with Crippen molar-refractivity contribution < 1.29 is 14.6 Å². The molecular weight excluding hydrogens is 208 g/mol. The van der Waals surface area contributed by atoms with Crippen molar-refractivity contribution in [1.29, 1.82) is 0 Å². The van der Waals surface area contributed by atoms with Crippen LogP contribution in [0.2, 0.25) is 0 Å². The molecule has 0 spiro atoms. The number of nitrogens with zero attached hydrogens (tertiary/aromatic N) is 2. The Balaban J connectivity index is 1.72. The van der Waals surface area contributed by atoms with Crippen LogP contribution in [0.4, 0.5) is 0 Å². The average Bonchev–Trinajstić information content (AvgIpc) is 2.28. The molecule has 0 atom stereocenters. The lowest BCUT2D eigenvalue weighted by Crippen LogP contribution is -2.63. The number of hydrogen-bond acceptors (Lipinski definition) is 4. The van der Waals surface area contributed by atoms with E-state index in [1.165, 1.54) is 0 Å². The van der Waals surface area contributed by atoms with Gasteiger partial charge >= 0.3 is 0 Å². The Morgan fingerprint density at radius 1 is 1.38 bits per heavy atom. The number of ether oxygens (including phenoxy) is 1. The molecule has 5 heteroatoms. The van der Waals surface area contributed by atoms with Gasteiger partial charge in [-0.2, -0.15) is 0 Å². The highest BCUT2D eigenvalue weighted by Crippen LogP contribution is 2.23. The number of β-amino-alcohol motifs (C(OH)–C–C–N with tert-alkyl or cyclic N) is 1. The van der Waals surface area contributed by atoms with Crippen LogP contribution in [0.25, 0.3) is 0 Å². The zero-order valence-corrected chi connectivity index (χ0v) is 9.81. The smallest absolute Gasteiger partial charge is 0.236 e. The highest BCUT2D eigenvalue weighted by molar-refractivity contribution is 5.78. The van der Waals surface area contributed by atoms with Gasteiger partial charge in [0.2, 0.25) is 5.91 Å². The summed E-state index contributed by atoms with van der Waals surface area (Å²) in [6.07, 6.45) is 0.759. The third-order valence-corrected chi connectivity index (χ3v) is 3.42. The van der Waals surface area contributed by atoms with Gasteiger partial charge in [-0.3, -0.25) is 9.69 Å². The minimum Gasteiger partial charge on any atom is -0.387 e. The van der Waals surface area contributed by atoms with Crippen LogP contribution in [0.3, 0.4) is 0 Å². The third kappa shape index (κ3) is 2.53. The lowest BCUT2D eigenvalue weighted by molar-refractivity contribution is -0.145. The van der Waals surface area contributed by atoms with Gasteiger partial charge in [0.1, 0.15) is 0 Å². The van der Waals surface area contributed by atoms with Gasteiger partial charge in [0, 0.05) is 26.2 Å². The first-order valence-corrected chi connectivity index (χ1v) is 5.93. The van der Waals surface area contributed by atoms with Gasteiger partial charge in [-0.1, -0.05) is 6.92 Å². The lowest BCUT2D eigenvalue weighted by atomic mass is 9.91. The van der Waals surface area contributed by atoms with Crippen LogP contribution in [0.1, 0.15) is 13.3 Å². The molecule has 0 radical (unpaired) electrons. The SMILES string of the molecule is CCC1(O)CN(CC(=O)N2CCOCC2)C1. The fourth-order valence-electron chi connectivity index (χ4n) is 2.23. The molecule has 16 heavy (non-hydrogen) atoms. The molecular formula is C11H20N2O3. The molecule has 2 rings (SSSR count). The molecule has 1 N–H and O–H groups in total. The zero-order chi connectivity index (χ0) is 11.6. The summed E-state index contributed by atoms with van der Waals surface area (Å²) in [5, 5.41) is 9.83. The second-order valence-corrected chi connectivity index (χ2v) is 4.72. The molecule has 2 heterocycles. The summed E-state index contributed by atoms with van der Waals surface area (Å²) in [4.78, 5) is 15.7. The molecule has 5 nitrogen and oxygen atoms in total. The molecule has 0 aromatic carbocycles. The summed E-state index contributed by atoms with van der Waals surface area (Å²) in [5.74, 6) is 0.154. The molecule has 0 aromatic heterocycles. The quantitative estimate of drug-likeness (QED) is 0.694. The maximum Gasteiger partial charge on any atom is 0.236 e. The molecule has 2 aliphatic rings. The van der Waals surface area contributed by atoms with Crippen LogP contribution < -0.4 is 0 Å². The number of carbonyl (C=O) groups excluding carboxylic acids is 1. The Hall–Kier alpha value is -0.650. The van der Waals surface area contributed by atoms with Crippen molar-refractivity contribution in [2.45, 2.75) is 18.9 Å². The van der Waals surface area contributed by atoms with Crippen LogP contribution in [0, 0.1) is 0 Å². The second kappa shape index (κ2) is 4.69. The van der Waals surface area contributed by atoms with Crippen LogP contribution in [0.5, 0.6) is 0 Å². The highest BCUT2D eigenvalue weighted by Gasteiger charge is 2.40. The largest absolute Gasteiger partial charge is 0.387 e. The van der Waals surface area contributed by atoms with Crippen molar-refractivity contribution in [1.82, 2.24) is 9.80 Å². The first-order valence-electron chi connectivity index (χ1n) is 5.93. The number of morpholine rings is 1. The summed E-state index contributed by atoms with van der Waals surface area (Å²) in [7, 11) is 0. The number of rotatable bonds is 3. The van der Waals surface area contributed by atoms with Crippen molar-refractivity contribution in [3.05, 3.63) is 0 Å². The van der Waals surface area contributed by atoms with Crippen molar-refractivity contribution in [3.8, 4) is 0 Å². The maximum atomic E-state index is 11.8. The molecule has 2 fully saturated rings. The Labute approximate surface area is 96.0 Å². The van der Waals surface area contributed by atoms with Crippen LogP contribution in [-0.2, 0) is 9.53 Å². The fraction of sp³-hybridized carbons (Fsp3) is 0.909. The molecule has 0 bridgehead atoms. The van der Waals surface area contributed by atoms with Crippen molar-refractivity contribution >= 4 is 5.91 Å². The average molecular weight is 228 g/mol. The third-order valence-electron chi connectivity index (χ3n) is 3.42. The van der Waals surface area contributed by atoms with E-state index < -0.39 is 5.60 Å². The van der Waals surface area contributed by atoms with Crippen LogP contribution in [0.15, 0.2) is 0 Å². The minimum atomic E-state index is -0.550. The maximum absolute atomic E-state index is 11.8. The van der Waals surface area contributed by atoms with Gasteiger partial charge in [0.05, 0.1) is 25.4 Å². The van der Waals surface area contributed by atoms with E-state index in [2.05, 4.69) is 0 Å². The Morgan fingerprint density at radius 3 is 2.56 bits per heavy atom. The van der Waals surface area contributed by atoms with E-state index in [9.17, 15) is 9.90 Å². The fourth-order valence-corrected chi connectivity index (χ4v) is 2.23. The molecule has 0 aliphatic carbocycles. The summed E-state index contributed by atoms with van der Waals surface area (Å²) in [5.41, 5.74) is -0.550. The van der Waals surface area contributed by atoms with Gasteiger partial charge in [-0.15, -0.1) is 0 Å². The normalized spacial score (nSPS) is 25.2. The number of likely N-dealkylation sites (tertiary alicyclic amines) is 1. The van der Waals surface area contributed by atoms with Gasteiger partial charge in [0.25, 0.3) is 0 Å². The monoisotopic (exact) mass is 228 g/mol. The first-order chi connectivity index (χ1) is 7.63. The summed E-state index contributed by atoms with van der Waals surface area (Å²) < 4.78 is 5.20. The number of hydrogen-bond donors (Lipinski definition) is 1. The molecule has 0 aromatic rings. The Bertz CT molecular complexity index is 258. The summed E-state index contributed by atoms with van der Waals surface area (Å²) in [6, 6.07) is 0. The van der Waals surface area contributed by atoms with Gasteiger partial charge in [0.15, 0.2) is 0 Å². The summed E-state index contributed by atoms with van der Waals surface area (Å²) >= 11 is 0. The van der Waals surface area contributed by atoms with E-state index in [1.54, 1.807) is 0 Å². The molecule has 2 aliphatic heterocycles. The predicted molar refractivity (Wildman–Crippen MR) is 59.1 cm³/mol. The molecule has 0 unspecified atom stereocenters.